The Morgan fingerprint density at radius 3 is 2.41 bits per heavy atom. The highest BCUT2D eigenvalue weighted by Gasteiger charge is 2.39. The first-order chi connectivity index (χ1) is 19.6. The minimum absolute atomic E-state index is 0.0204. The summed E-state index contributed by atoms with van der Waals surface area (Å²) in [6, 6.07) is 18.1. The van der Waals surface area contributed by atoms with E-state index in [1.165, 1.54) is 35.3 Å². The topological polar surface area (TPSA) is 102 Å². The number of carbonyl (C=O) groups excluding carboxylic acids is 1. The minimum atomic E-state index is -4.75. The Hall–Kier alpha value is -4.65. The van der Waals surface area contributed by atoms with Crippen molar-refractivity contribution >= 4 is 29.0 Å². The SMILES string of the molecule is COc1ccc(NC(=S)NC(=O)NC2CC2c2ccc(-c3ncn(-c4ccc(OC(F)(F)F)cc4)n3)cc2)c(C)c1. The van der Waals surface area contributed by atoms with E-state index in [-0.39, 0.29) is 28.9 Å². The fourth-order valence-corrected chi connectivity index (χ4v) is 4.49. The summed E-state index contributed by atoms with van der Waals surface area (Å²) in [6.07, 6.45) is -2.47. The van der Waals surface area contributed by atoms with Gasteiger partial charge < -0.3 is 20.1 Å². The molecule has 5 rings (SSSR count). The summed E-state index contributed by atoms with van der Waals surface area (Å²) >= 11 is 5.27. The van der Waals surface area contributed by atoms with Crippen LogP contribution < -0.4 is 25.4 Å². The molecule has 41 heavy (non-hydrogen) atoms. The highest BCUT2D eigenvalue weighted by atomic mass is 32.1. The Balaban J connectivity index is 1.12. The fraction of sp³-hybridized carbons (Fsp3) is 0.214. The first-order valence-electron chi connectivity index (χ1n) is 12.5. The molecule has 0 radical (unpaired) electrons. The van der Waals surface area contributed by atoms with Gasteiger partial charge in [-0.3, -0.25) is 5.32 Å². The number of hydrogen-bond acceptors (Lipinski definition) is 6. The zero-order valence-corrected chi connectivity index (χ0v) is 22.7. The molecule has 2 atom stereocenters. The Morgan fingerprint density at radius 1 is 1.05 bits per heavy atom. The van der Waals surface area contributed by atoms with Crippen molar-refractivity contribution in [1.29, 1.82) is 0 Å². The molecular weight excluding hydrogens is 557 g/mol. The molecule has 13 heteroatoms. The number of ether oxygens (including phenoxy) is 2. The molecule has 2 unspecified atom stereocenters. The van der Waals surface area contributed by atoms with Gasteiger partial charge in [0.15, 0.2) is 10.9 Å². The first-order valence-corrected chi connectivity index (χ1v) is 12.9. The molecule has 1 heterocycles. The van der Waals surface area contributed by atoms with Gasteiger partial charge in [0, 0.05) is 23.2 Å². The molecule has 0 aliphatic heterocycles. The highest BCUT2D eigenvalue weighted by Crippen LogP contribution is 2.41. The van der Waals surface area contributed by atoms with Crippen LogP contribution in [0.4, 0.5) is 23.7 Å². The number of alkyl halides is 3. The average molecular weight is 583 g/mol. The summed E-state index contributed by atoms with van der Waals surface area (Å²) in [5.41, 5.74) is 4.07. The lowest BCUT2D eigenvalue weighted by atomic mass is 10.1. The second-order valence-electron chi connectivity index (χ2n) is 9.36. The zero-order valence-electron chi connectivity index (χ0n) is 21.9. The maximum atomic E-state index is 12.4. The van der Waals surface area contributed by atoms with Gasteiger partial charge in [0.2, 0.25) is 0 Å². The minimum Gasteiger partial charge on any atom is -0.497 e. The van der Waals surface area contributed by atoms with Crippen LogP contribution in [0.3, 0.4) is 0 Å². The maximum absolute atomic E-state index is 12.4. The van der Waals surface area contributed by atoms with Crippen molar-refractivity contribution in [3.05, 3.63) is 84.2 Å². The van der Waals surface area contributed by atoms with Crippen LogP contribution in [0.5, 0.6) is 11.5 Å². The molecule has 1 aromatic heterocycles. The number of benzene rings is 3. The third kappa shape index (κ3) is 7.11. The van der Waals surface area contributed by atoms with E-state index < -0.39 is 6.36 Å². The number of hydrogen-bond donors (Lipinski definition) is 3. The molecule has 0 saturated heterocycles. The molecule has 1 aliphatic carbocycles. The number of methoxy groups -OCH3 is 1. The van der Waals surface area contributed by atoms with Crippen LogP contribution in [0.2, 0.25) is 0 Å². The van der Waals surface area contributed by atoms with Crippen LogP contribution >= 0.6 is 12.2 Å². The number of thiocarbonyl (C=S) groups is 1. The number of amides is 2. The predicted molar refractivity (Wildman–Crippen MR) is 150 cm³/mol. The Bertz CT molecular complexity index is 1560. The number of nitrogens with zero attached hydrogens (tertiary/aromatic N) is 3. The summed E-state index contributed by atoms with van der Waals surface area (Å²) in [4.78, 5) is 16.8. The second-order valence-corrected chi connectivity index (χ2v) is 9.77. The molecule has 0 bridgehead atoms. The lowest BCUT2D eigenvalue weighted by Crippen LogP contribution is -2.42. The molecular formula is C28H25F3N6O3S. The van der Waals surface area contributed by atoms with Gasteiger partial charge in [0.25, 0.3) is 0 Å². The van der Waals surface area contributed by atoms with Crippen molar-refractivity contribution < 1.29 is 27.4 Å². The van der Waals surface area contributed by atoms with E-state index >= 15 is 0 Å². The van der Waals surface area contributed by atoms with Crippen LogP contribution in [-0.2, 0) is 0 Å². The summed E-state index contributed by atoms with van der Waals surface area (Å²) in [5, 5.41) is 13.2. The van der Waals surface area contributed by atoms with E-state index in [4.69, 9.17) is 17.0 Å². The van der Waals surface area contributed by atoms with Crippen molar-refractivity contribution in [1.82, 2.24) is 25.4 Å². The summed E-state index contributed by atoms with van der Waals surface area (Å²) < 4.78 is 47.7. The molecule has 9 nitrogen and oxygen atoms in total. The summed E-state index contributed by atoms with van der Waals surface area (Å²) in [6.45, 7) is 1.91. The van der Waals surface area contributed by atoms with Crippen molar-refractivity contribution in [3.8, 4) is 28.6 Å². The number of urea groups is 1. The molecule has 1 saturated carbocycles. The number of aromatic nitrogens is 3. The van der Waals surface area contributed by atoms with E-state index in [2.05, 4.69) is 30.8 Å². The van der Waals surface area contributed by atoms with Crippen molar-refractivity contribution in [3.63, 3.8) is 0 Å². The smallest absolute Gasteiger partial charge is 0.497 e. The van der Waals surface area contributed by atoms with E-state index in [1.807, 2.05) is 43.3 Å². The quantitative estimate of drug-likeness (QED) is 0.240. The van der Waals surface area contributed by atoms with Gasteiger partial charge >= 0.3 is 12.4 Å². The Kier molecular flexibility index (Phi) is 7.79. The number of rotatable bonds is 7. The average Bonchev–Trinajstić information content (AvgIpc) is 3.50. The van der Waals surface area contributed by atoms with Crippen molar-refractivity contribution in [2.45, 2.75) is 31.7 Å². The molecule has 4 aromatic rings. The number of aryl methyl sites for hydroxylation is 1. The monoisotopic (exact) mass is 582 g/mol. The van der Waals surface area contributed by atoms with Crippen LogP contribution in [0.1, 0.15) is 23.5 Å². The van der Waals surface area contributed by atoms with Gasteiger partial charge in [0.05, 0.1) is 12.8 Å². The largest absolute Gasteiger partial charge is 0.573 e. The highest BCUT2D eigenvalue weighted by molar-refractivity contribution is 7.80. The Morgan fingerprint density at radius 2 is 1.76 bits per heavy atom. The van der Waals surface area contributed by atoms with Crippen LogP contribution in [0.25, 0.3) is 17.1 Å². The van der Waals surface area contributed by atoms with E-state index in [0.29, 0.717) is 11.5 Å². The summed E-state index contributed by atoms with van der Waals surface area (Å²) in [5.74, 6) is 1.05. The fourth-order valence-electron chi connectivity index (χ4n) is 4.29. The van der Waals surface area contributed by atoms with Crippen molar-refractivity contribution in [2.75, 3.05) is 12.4 Å². The van der Waals surface area contributed by atoms with E-state index in [1.54, 1.807) is 13.2 Å². The molecule has 3 aromatic carbocycles. The van der Waals surface area contributed by atoms with Crippen molar-refractivity contribution in [2.24, 2.45) is 0 Å². The molecule has 2 amide bonds. The number of halogens is 3. The molecule has 0 spiro atoms. The van der Waals surface area contributed by atoms with E-state index in [0.717, 1.165) is 34.5 Å². The third-order valence-electron chi connectivity index (χ3n) is 6.44. The second kappa shape index (κ2) is 11.5. The van der Waals surface area contributed by atoms with Crippen LogP contribution in [-0.4, -0.2) is 45.4 Å². The number of anilines is 1. The van der Waals surface area contributed by atoms with E-state index in [9.17, 15) is 18.0 Å². The molecule has 212 valence electrons. The van der Waals surface area contributed by atoms with Gasteiger partial charge in [-0.05, 0) is 79.2 Å². The maximum Gasteiger partial charge on any atom is 0.573 e. The van der Waals surface area contributed by atoms with Crippen LogP contribution in [0, 0.1) is 6.92 Å². The normalized spacial score (nSPS) is 16.0. The van der Waals surface area contributed by atoms with Crippen LogP contribution in [0.15, 0.2) is 73.1 Å². The van der Waals surface area contributed by atoms with Gasteiger partial charge in [-0.25, -0.2) is 14.5 Å². The zero-order chi connectivity index (χ0) is 29.1. The summed E-state index contributed by atoms with van der Waals surface area (Å²) in [7, 11) is 1.60. The van der Waals surface area contributed by atoms with Gasteiger partial charge in [-0.15, -0.1) is 18.3 Å². The standard InChI is InChI=1S/C28H25F3N6O3S/c1-16-13-21(39-2)11-12-23(16)34-27(41)35-26(38)33-24-14-22(24)17-3-5-18(6-4-17)25-32-15-37(36-25)19-7-9-20(10-8-19)40-28(29,30)31/h3-13,15,22,24H,14H2,1-2H3,(H3,33,34,35,38,41). The third-order valence-corrected chi connectivity index (χ3v) is 6.64. The Labute approximate surface area is 238 Å². The van der Waals surface area contributed by atoms with Gasteiger partial charge in [-0.2, -0.15) is 0 Å². The van der Waals surface area contributed by atoms with Gasteiger partial charge in [-0.1, -0.05) is 24.3 Å². The molecule has 3 N–H and O–H groups in total. The number of carbonyl (C=O) groups is 1. The lowest BCUT2D eigenvalue weighted by molar-refractivity contribution is -0.274. The lowest BCUT2D eigenvalue weighted by Gasteiger charge is -2.13. The molecule has 1 fully saturated rings. The van der Waals surface area contributed by atoms with Gasteiger partial charge in [0.1, 0.15) is 17.8 Å². The predicted octanol–water partition coefficient (Wildman–Crippen LogP) is 5.70. The first kappa shape index (κ1) is 27.9. The number of nitrogens with one attached hydrogen (secondary N) is 3. The molecule has 1 aliphatic rings.